The largest absolute Gasteiger partial charge is 0.379 e. The summed E-state index contributed by atoms with van der Waals surface area (Å²) in [5, 5.41) is 13.1. The monoisotopic (exact) mass is 266 g/mol. The molecule has 2 heterocycles. The topological polar surface area (TPSA) is 79.0 Å². The van der Waals surface area contributed by atoms with Crippen molar-refractivity contribution in [3.63, 3.8) is 0 Å². The molecule has 0 bridgehead atoms. The van der Waals surface area contributed by atoms with E-state index in [1.165, 1.54) is 0 Å². The molecule has 6 nitrogen and oxygen atoms in total. The average molecular weight is 266 g/mol. The molecule has 19 heavy (non-hydrogen) atoms. The van der Waals surface area contributed by atoms with Crippen molar-refractivity contribution in [2.75, 3.05) is 25.1 Å². The number of nitrogens with one attached hydrogen (secondary N) is 3. The van der Waals surface area contributed by atoms with E-state index in [4.69, 9.17) is 4.74 Å². The van der Waals surface area contributed by atoms with Crippen molar-refractivity contribution in [3.8, 4) is 0 Å². The van der Waals surface area contributed by atoms with Gasteiger partial charge in [0, 0.05) is 17.8 Å². The molecule has 2 unspecified atom stereocenters. The lowest BCUT2D eigenvalue weighted by Gasteiger charge is -2.16. The Morgan fingerprint density at radius 1 is 1.58 bits per heavy atom. The summed E-state index contributed by atoms with van der Waals surface area (Å²) >= 11 is 0. The number of carbonyl (C=O) groups is 1. The Labute approximate surface area is 113 Å². The van der Waals surface area contributed by atoms with Crippen LogP contribution in [0.5, 0.6) is 0 Å². The number of likely N-dealkylation sites (N-methyl/N-ethyl adjacent to an activating group) is 1. The number of aromatic amines is 1. The molecule has 6 heteroatoms. The molecule has 1 aliphatic heterocycles. The van der Waals surface area contributed by atoms with Gasteiger partial charge in [-0.2, -0.15) is 5.10 Å². The van der Waals surface area contributed by atoms with Crippen LogP contribution in [-0.2, 0) is 9.53 Å². The molecular weight excluding hydrogens is 244 g/mol. The van der Waals surface area contributed by atoms with Crippen LogP contribution < -0.4 is 10.6 Å². The zero-order valence-corrected chi connectivity index (χ0v) is 11.7. The van der Waals surface area contributed by atoms with E-state index in [1.807, 2.05) is 13.0 Å². The molecule has 1 aliphatic rings. The SMILES string of the molecule is CCNC1COCC1C(=O)Nc1cc(C(C)C)[nH]n1. The molecule has 0 aromatic carbocycles. The van der Waals surface area contributed by atoms with E-state index < -0.39 is 0 Å². The van der Waals surface area contributed by atoms with Crippen LogP contribution in [0.1, 0.15) is 32.4 Å². The van der Waals surface area contributed by atoms with Crippen LogP contribution >= 0.6 is 0 Å². The fourth-order valence-electron chi connectivity index (χ4n) is 2.19. The zero-order valence-electron chi connectivity index (χ0n) is 11.7. The summed E-state index contributed by atoms with van der Waals surface area (Å²) in [5.74, 6) is 0.753. The minimum atomic E-state index is -0.154. The van der Waals surface area contributed by atoms with Crippen LogP contribution in [0, 0.1) is 5.92 Å². The molecule has 1 fully saturated rings. The Balaban J connectivity index is 1.96. The summed E-state index contributed by atoms with van der Waals surface area (Å²) < 4.78 is 5.37. The van der Waals surface area contributed by atoms with E-state index in [2.05, 4.69) is 34.7 Å². The number of H-pyrrole nitrogens is 1. The maximum Gasteiger partial charge on any atom is 0.232 e. The lowest BCUT2D eigenvalue weighted by atomic mass is 10.0. The van der Waals surface area contributed by atoms with Gasteiger partial charge in [-0.25, -0.2) is 0 Å². The highest BCUT2D eigenvalue weighted by Gasteiger charge is 2.33. The van der Waals surface area contributed by atoms with Gasteiger partial charge >= 0.3 is 0 Å². The standard InChI is InChI=1S/C13H22N4O2/c1-4-14-11-7-19-6-9(11)13(18)15-12-5-10(8(2)3)16-17-12/h5,8-9,11,14H,4,6-7H2,1-3H3,(H2,15,16,17,18). The molecule has 1 amide bonds. The third-order valence-corrected chi connectivity index (χ3v) is 3.35. The van der Waals surface area contributed by atoms with E-state index in [0.29, 0.717) is 24.9 Å². The highest BCUT2D eigenvalue weighted by atomic mass is 16.5. The number of nitrogens with zero attached hydrogens (tertiary/aromatic N) is 1. The normalized spacial score (nSPS) is 22.9. The van der Waals surface area contributed by atoms with Crippen LogP contribution in [-0.4, -0.2) is 41.9 Å². The van der Waals surface area contributed by atoms with E-state index in [0.717, 1.165) is 12.2 Å². The molecular formula is C13H22N4O2. The van der Waals surface area contributed by atoms with Crippen molar-refractivity contribution in [3.05, 3.63) is 11.8 Å². The van der Waals surface area contributed by atoms with Gasteiger partial charge in [0.1, 0.15) is 0 Å². The van der Waals surface area contributed by atoms with Crippen LogP contribution in [0.2, 0.25) is 0 Å². The molecule has 0 radical (unpaired) electrons. The predicted octanol–water partition coefficient (Wildman–Crippen LogP) is 1.10. The molecule has 2 atom stereocenters. The van der Waals surface area contributed by atoms with Crippen molar-refractivity contribution in [1.29, 1.82) is 0 Å². The number of aromatic nitrogens is 2. The molecule has 2 rings (SSSR count). The Morgan fingerprint density at radius 2 is 2.37 bits per heavy atom. The quantitative estimate of drug-likeness (QED) is 0.745. The van der Waals surface area contributed by atoms with Gasteiger partial charge in [0.2, 0.25) is 5.91 Å². The first-order chi connectivity index (χ1) is 9.11. The van der Waals surface area contributed by atoms with Crippen LogP contribution in [0.15, 0.2) is 6.07 Å². The summed E-state index contributed by atoms with van der Waals surface area (Å²) in [6, 6.07) is 1.97. The smallest absolute Gasteiger partial charge is 0.232 e. The van der Waals surface area contributed by atoms with E-state index in [9.17, 15) is 4.79 Å². The summed E-state index contributed by atoms with van der Waals surface area (Å²) in [5.41, 5.74) is 1.02. The highest BCUT2D eigenvalue weighted by Crippen LogP contribution is 2.18. The number of anilines is 1. The molecule has 1 saturated heterocycles. The van der Waals surface area contributed by atoms with E-state index >= 15 is 0 Å². The van der Waals surface area contributed by atoms with Crippen molar-refractivity contribution in [2.45, 2.75) is 32.7 Å². The molecule has 1 aromatic rings. The lowest BCUT2D eigenvalue weighted by molar-refractivity contribution is -0.120. The van der Waals surface area contributed by atoms with Gasteiger partial charge in [-0.1, -0.05) is 20.8 Å². The second-order valence-corrected chi connectivity index (χ2v) is 5.16. The average Bonchev–Trinajstić information content (AvgIpc) is 2.98. The first-order valence-corrected chi connectivity index (χ1v) is 6.79. The summed E-state index contributed by atoms with van der Waals surface area (Å²) in [4.78, 5) is 12.2. The number of hydrogen-bond donors (Lipinski definition) is 3. The number of carbonyl (C=O) groups excluding carboxylic acids is 1. The maximum atomic E-state index is 12.2. The van der Waals surface area contributed by atoms with Crippen molar-refractivity contribution in [1.82, 2.24) is 15.5 Å². The Bertz CT molecular complexity index is 430. The van der Waals surface area contributed by atoms with Gasteiger partial charge < -0.3 is 15.4 Å². The van der Waals surface area contributed by atoms with Crippen molar-refractivity contribution in [2.24, 2.45) is 5.92 Å². The van der Waals surface area contributed by atoms with E-state index in [-0.39, 0.29) is 17.9 Å². The zero-order chi connectivity index (χ0) is 13.8. The molecule has 106 valence electrons. The van der Waals surface area contributed by atoms with Crippen molar-refractivity contribution >= 4 is 11.7 Å². The Hall–Kier alpha value is -1.40. The minimum Gasteiger partial charge on any atom is -0.379 e. The van der Waals surface area contributed by atoms with E-state index in [1.54, 1.807) is 0 Å². The summed E-state index contributed by atoms with van der Waals surface area (Å²) in [7, 11) is 0. The van der Waals surface area contributed by atoms with Crippen LogP contribution in [0.4, 0.5) is 5.82 Å². The number of hydrogen-bond acceptors (Lipinski definition) is 4. The first kappa shape index (κ1) is 14.0. The number of ether oxygens (including phenoxy) is 1. The molecule has 3 N–H and O–H groups in total. The minimum absolute atomic E-state index is 0.0368. The molecule has 0 spiro atoms. The number of rotatable bonds is 5. The first-order valence-electron chi connectivity index (χ1n) is 6.79. The molecule has 0 saturated carbocycles. The third kappa shape index (κ3) is 3.33. The second kappa shape index (κ2) is 6.16. The van der Waals surface area contributed by atoms with Crippen LogP contribution in [0.3, 0.4) is 0 Å². The number of amides is 1. The highest BCUT2D eigenvalue weighted by molar-refractivity contribution is 5.92. The van der Waals surface area contributed by atoms with Gasteiger partial charge in [-0.3, -0.25) is 9.89 Å². The summed E-state index contributed by atoms with van der Waals surface area (Å²) in [6.45, 7) is 8.05. The van der Waals surface area contributed by atoms with Crippen molar-refractivity contribution < 1.29 is 9.53 Å². The fourth-order valence-corrected chi connectivity index (χ4v) is 2.19. The van der Waals surface area contributed by atoms with Gasteiger partial charge in [0.25, 0.3) is 0 Å². The lowest BCUT2D eigenvalue weighted by Crippen LogP contribution is -2.41. The maximum absolute atomic E-state index is 12.2. The molecule has 0 aliphatic carbocycles. The van der Waals surface area contributed by atoms with Gasteiger partial charge in [0.15, 0.2) is 5.82 Å². The fraction of sp³-hybridized carbons (Fsp3) is 0.692. The Morgan fingerprint density at radius 3 is 3.00 bits per heavy atom. The third-order valence-electron chi connectivity index (χ3n) is 3.35. The molecule has 1 aromatic heterocycles. The second-order valence-electron chi connectivity index (χ2n) is 5.16. The summed E-state index contributed by atoms with van der Waals surface area (Å²) in [6.07, 6.45) is 0. The van der Waals surface area contributed by atoms with Gasteiger partial charge in [-0.15, -0.1) is 0 Å². The van der Waals surface area contributed by atoms with Gasteiger partial charge in [0.05, 0.1) is 19.1 Å². The Kier molecular flexibility index (Phi) is 4.55. The van der Waals surface area contributed by atoms with Crippen LogP contribution in [0.25, 0.3) is 0 Å². The predicted molar refractivity (Wildman–Crippen MR) is 73.1 cm³/mol. The van der Waals surface area contributed by atoms with Gasteiger partial charge in [-0.05, 0) is 12.5 Å².